The zero-order chi connectivity index (χ0) is 21.3. The lowest BCUT2D eigenvalue weighted by atomic mass is 10.1. The van der Waals surface area contributed by atoms with E-state index in [2.05, 4.69) is 22.3 Å². The topological polar surface area (TPSA) is 70.3 Å². The first-order chi connectivity index (χ1) is 15.3. The smallest absolute Gasteiger partial charge is 0.276 e. The highest BCUT2D eigenvalue weighted by Gasteiger charge is 2.12. The lowest BCUT2D eigenvalue weighted by Gasteiger charge is -2.13. The van der Waals surface area contributed by atoms with Crippen LogP contribution in [0.15, 0.2) is 91.0 Å². The van der Waals surface area contributed by atoms with Crippen molar-refractivity contribution >= 4 is 0 Å². The van der Waals surface area contributed by atoms with Gasteiger partial charge in [0.25, 0.3) is 5.88 Å². The minimum absolute atomic E-state index is 0.388. The van der Waals surface area contributed by atoms with Gasteiger partial charge >= 0.3 is 0 Å². The molecule has 0 atom stereocenters. The van der Waals surface area contributed by atoms with Crippen LogP contribution < -0.4 is 15.2 Å². The average molecular weight is 412 g/mol. The van der Waals surface area contributed by atoms with E-state index >= 15 is 0 Å². The van der Waals surface area contributed by atoms with Crippen molar-refractivity contribution in [3.8, 4) is 11.6 Å². The van der Waals surface area contributed by atoms with Gasteiger partial charge in [-0.25, -0.2) is 0 Å². The molecule has 0 aliphatic rings. The lowest BCUT2D eigenvalue weighted by molar-refractivity contribution is 0.243. The van der Waals surface area contributed by atoms with E-state index in [1.165, 1.54) is 0 Å². The Labute approximate surface area is 182 Å². The second-order valence-electron chi connectivity index (χ2n) is 7.25. The predicted octanol–water partition coefficient (Wildman–Crippen LogP) is 4.68. The van der Waals surface area contributed by atoms with E-state index in [9.17, 15) is 0 Å². The molecule has 1 aromatic heterocycles. The van der Waals surface area contributed by atoms with Gasteiger partial charge in [-0.2, -0.15) is 5.10 Å². The van der Waals surface area contributed by atoms with Gasteiger partial charge in [0.15, 0.2) is 5.75 Å². The zero-order valence-electron chi connectivity index (χ0n) is 17.3. The van der Waals surface area contributed by atoms with Crippen LogP contribution in [0.4, 0.5) is 0 Å². The Balaban J connectivity index is 1.54. The van der Waals surface area contributed by atoms with Gasteiger partial charge in [0.1, 0.15) is 13.2 Å². The first-order valence-electron chi connectivity index (χ1n) is 10.3. The lowest BCUT2D eigenvalue weighted by Crippen LogP contribution is -2.05. The summed E-state index contributed by atoms with van der Waals surface area (Å²) < 4.78 is 12.0. The number of ether oxygens (including phenoxy) is 2. The largest absolute Gasteiger partial charge is 0.483 e. The van der Waals surface area contributed by atoms with Gasteiger partial charge in [0.05, 0.1) is 5.69 Å². The Kier molecular flexibility index (Phi) is 6.88. The molecule has 4 rings (SSSR count). The van der Waals surface area contributed by atoms with Crippen molar-refractivity contribution in [3.63, 3.8) is 0 Å². The van der Waals surface area contributed by atoms with E-state index in [1.54, 1.807) is 0 Å². The maximum Gasteiger partial charge on any atom is 0.276 e. The standard InChI is InChI=1S/C26H25N3O2/c27-17-23-13-7-12-22(14-23)15-24-16-25(30-18-20-8-3-1-4-9-20)26(29-28-24)31-19-21-10-5-2-6-11-21/h1-14,16H,15,17-19,27H2. The number of nitrogens with zero attached hydrogens (tertiary/aromatic N) is 2. The molecule has 0 aliphatic carbocycles. The summed E-state index contributed by atoms with van der Waals surface area (Å²) in [5, 5.41) is 8.69. The Morgan fingerprint density at radius 3 is 1.90 bits per heavy atom. The fraction of sp³-hybridized carbons (Fsp3) is 0.154. The van der Waals surface area contributed by atoms with Gasteiger partial charge in [-0.1, -0.05) is 84.9 Å². The molecule has 0 fully saturated rings. The van der Waals surface area contributed by atoms with Crippen LogP contribution in [0.5, 0.6) is 11.6 Å². The molecule has 4 aromatic rings. The minimum Gasteiger partial charge on any atom is -0.483 e. The number of rotatable bonds is 9. The molecule has 0 radical (unpaired) electrons. The van der Waals surface area contributed by atoms with E-state index in [0.717, 1.165) is 27.9 Å². The quantitative estimate of drug-likeness (QED) is 0.433. The summed E-state index contributed by atoms with van der Waals surface area (Å²) in [6, 6.07) is 30.1. The molecule has 31 heavy (non-hydrogen) atoms. The third-order valence-electron chi connectivity index (χ3n) is 4.85. The van der Waals surface area contributed by atoms with Crippen LogP contribution in [-0.2, 0) is 26.2 Å². The summed E-state index contributed by atoms with van der Waals surface area (Å²) in [6.45, 7) is 1.34. The Morgan fingerprint density at radius 1 is 0.613 bits per heavy atom. The molecule has 0 spiro atoms. The molecule has 2 N–H and O–H groups in total. The molecule has 3 aromatic carbocycles. The summed E-state index contributed by atoms with van der Waals surface area (Å²) in [5.74, 6) is 0.971. The minimum atomic E-state index is 0.388. The van der Waals surface area contributed by atoms with Crippen molar-refractivity contribution in [3.05, 3.63) is 119 Å². The van der Waals surface area contributed by atoms with Crippen molar-refractivity contribution in [1.29, 1.82) is 0 Å². The SMILES string of the molecule is NCc1cccc(Cc2cc(OCc3ccccc3)c(OCc3ccccc3)nn2)c1. The summed E-state index contributed by atoms with van der Waals surface area (Å²) in [4.78, 5) is 0. The molecule has 156 valence electrons. The van der Waals surface area contributed by atoms with Crippen LogP contribution in [0, 0.1) is 0 Å². The van der Waals surface area contributed by atoms with Gasteiger partial charge in [0, 0.05) is 19.0 Å². The Hall–Kier alpha value is -3.70. The van der Waals surface area contributed by atoms with Crippen LogP contribution >= 0.6 is 0 Å². The second kappa shape index (κ2) is 10.4. The van der Waals surface area contributed by atoms with Crippen molar-refractivity contribution in [2.24, 2.45) is 5.73 Å². The summed E-state index contributed by atoms with van der Waals surface area (Å²) in [6.07, 6.45) is 0.640. The summed E-state index contributed by atoms with van der Waals surface area (Å²) >= 11 is 0. The second-order valence-corrected chi connectivity index (χ2v) is 7.25. The number of aromatic nitrogens is 2. The summed E-state index contributed by atoms with van der Waals surface area (Å²) in [5.41, 5.74) is 10.9. The molecule has 0 aliphatic heterocycles. The highest BCUT2D eigenvalue weighted by Crippen LogP contribution is 2.27. The van der Waals surface area contributed by atoms with Crippen LogP contribution in [0.25, 0.3) is 0 Å². The van der Waals surface area contributed by atoms with Crippen molar-refractivity contribution in [2.45, 2.75) is 26.2 Å². The van der Waals surface area contributed by atoms with Gasteiger partial charge < -0.3 is 15.2 Å². The van der Waals surface area contributed by atoms with Gasteiger partial charge in [-0.3, -0.25) is 0 Å². The normalized spacial score (nSPS) is 10.6. The first-order valence-corrected chi connectivity index (χ1v) is 10.3. The zero-order valence-corrected chi connectivity index (χ0v) is 17.3. The molecule has 1 heterocycles. The third kappa shape index (κ3) is 5.90. The van der Waals surface area contributed by atoms with Gasteiger partial charge in [-0.05, 0) is 22.3 Å². The number of hydrogen-bond acceptors (Lipinski definition) is 5. The molecule has 0 bridgehead atoms. The van der Waals surface area contributed by atoms with Crippen LogP contribution in [0.2, 0.25) is 0 Å². The Bertz CT molecular complexity index is 1100. The van der Waals surface area contributed by atoms with E-state index in [0.29, 0.717) is 37.8 Å². The maximum atomic E-state index is 6.09. The molecule has 0 amide bonds. The molecule has 0 saturated heterocycles. The van der Waals surface area contributed by atoms with Crippen LogP contribution in [-0.4, -0.2) is 10.2 Å². The van der Waals surface area contributed by atoms with Crippen LogP contribution in [0.3, 0.4) is 0 Å². The van der Waals surface area contributed by atoms with Gasteiger partial charge in [-0.15, -0.1) is 5.10 Å². The van der Waals surface area contributed by atoms with E-state index in [-0.39, 0.29) is 0 Å². The first kappa shape index (κ1) is 20.6. The van der Waals surface area contributed by atoms with E-state index in [1.807, 2.05) is 78.9 Å². The monoisotopic (exact) mass is 411 g/mol. The fourth-order valence-electron chi connectivity index (χ4n) is 3.23. The van der Waals surface area contributed by atoms with E-state index < -0.39 is 0 Å². The molecular weight excluding hydrogens is 386 g/mol. The predicted molar refractivity (Wildman–Crippen MR) is 121 cm³/mol. The van der Waals surface area contributed by atoms with Crippen molar-refractivity contribution in [1.82, 2.24) is 10.2 Å². The Morgan fingerprint density at radius 2 is 1.23 bits per heavy atom. The molecule has 0 unspecified atom stereocenters. The molecule has 0 saturated carbocycles. The molecule has 5 heteroatoms. The highest BCUT2D eigenvalue weighted by atomic mass is 16.5. The number of nitrogens with two attached hydrogens (primary N) is 1. The number of hydrogen-bond donors (Lipinski definition) is 1. The third-order valence-corrected chi connectivity index (χ3v) is 4.85. The molecule has 5 nitrogen and oxygen atoms in total. The van der Waals surface area contributed by atoms with Crippen molar-refractivity contribution < 1.29 is 9.47 Å². The van der Waals surface area contributed by atoms with Crippen LogP contribution in [0.1, 0.15) is 27.9 Å². The maximum absolute atomic E-state index is 6.09. The van der Waals surface area contributed by atoms with Gasteiger partial charge in [0.2, 0.25) is 0 Å². The average Bonchev–Trinajstić information content (AvgIpc) is 2.83. The summed E-state index contributed by atoms with van der Waals surface area (Å²) in [7, 11) is 0. The number of benzene rings is 3. The fourth-order valence-corrected chi connectivity index (χ4v) is 3.23. The molecular formula is C26H25N3O2. The van der Waals surface area contributed by atoms with E-state index in [4.69, 9.17) is 15.2 Å². The van der Waals surface area contributed by atoms with Crippen molar-refractivity contribution in [2.75, 3.05) is 0 Å². The highest BCUT2D eigenvalue weighted by molar-refractivity contribution is 5.36.